The lowest BCUT2D eigenvalue weighted by atomic mass is 10.0. The van der Waals surface area contributed by atoms with Gasteiger partial charge in [0.15, 0.2) is 0 Å². The van der Waals surface area contributed by atoms with Crippen molar-refractivity contribution in [3.05, 3.63) is 164 Å². The minimum absolute atomic E-state index is 1.15. The van der Waals surface area contributed by atoms with Crippen LogP contribution < -0.4 is 0 Å². The molecule has 0 bridgehead atoms. The summed E-state index contributed by atoms with van der Waals surface area (Å²) in [5, 5.41) is 6.43. The Morgan fingerprint density at radius 2 is 1.00 bits per heavy atom. The molecule has 0 unspecified atom stereocenters. The first-order valence-electron chi connectivity index (χ1n) is 16.4. The summed E-state index contributed by atoms with van der Waals surface area (Å²) < 4.78 is 7.34. The van der Waals surface area contributed by atoms with Crippen LogP contribution in [-0.4, -0.2) is 13.7 Å². The summed E-state index contributed by atoms with van der Waals surface area (Å²) in [6.45, 7) is 0. The topological polar surface area (TPSA) is 14.8 Å². The van der Waals surface area contributed by atoms with Crippen LogP contribution in [-0.2, 0) is 0 Å². The number of aromatic nitrogens is 3. The van der Waals surface area contributed by atoms with Crippen LogP contribution in [0.4, 0.5) is 0 Å². The quantitative estimate of drug-likeness (QED) is 0.190. The van der Waals surface area contributed by atoms with Crippen molar-refractivity contribution < 1.29 is 0 Å². The third-order valence-electron chi connectivity index (χ3n) is 10.0. The Morgan fingerprint density at radius 3 is 1.85 bits per heavy atom. The molecule has 48 heavy (non-hydrogen) atoms. The van der Waals surface area contributed by atoms with E-state index in [4.69, 9.17) is 0 Å². The molecule has 11 rings (SSSR count). The van der Waals surface area contributed by atoms with Crippen molar-refractivity contribution in [3.63, 3.8) is 0 Å². The van der Waals surface area contributed by atoms with E-state index in [1.54, 1.807) is 0 Å². The summed E-state index contributed by atoms with van der Waals surface area (Å²) >= 11 is 1.87. The Labute approximate surface area is 280 Å². The summed E-state index contributed by atoms with van der Waals surface area (Å²) in [5.41, 5.74) is 12.1. The first-order valence-corrected chi connectivity index (χ1v) is 17.2. The molecule has 3 aromatic heterocycles. The van der Waals surface area contributed by atoms with Crippen molar-refractivity contribution >= 4 is 66.4 Å². The second-order valence-electron chi connectivity index (χ2n) is 12.6. The second-order valence-corrected chi connectivity index (χ2v) is 13.7. The summed E-state index contributed by atoms with van der Waals surface area (Å²) in [5.74, 6) is 0. The van der Waals surface area contributed by atoms with Crippen LogP contribution in [0.15, 0.2) is 174 Å². The summed E-state index contributed by atoms with van der Waals surface area (Å²) in [6.07, 6.45) is 0. The molecule has 0 amide bonds. The summed E-state index contributed by atoms with van der Waals surface area (Å²) in [4.78, 5) is 2.59. The number of nitrogens with zero attached hydrogens (tertiary/aromatic N) is 3. The molecule has 3 nitrogen and oxygen atoms in total. The molecule has 0 spiro atoms. The van der Waals surface area contributed by atoms with Gasteiger partial charge in [-0.25, -0.2) is 0 Å². The lowest BCUT2D eigenvalue weighted by Crippen LogP contribution is -2.05. The fourth-order valence-corrected chi connectivity index (χ4v) is 9.09. The van der Waals surface area contributed by atoms with Crippen molar-refractivity contribution in [3.8, 4) is 28.2 Å². The molecule has 1 aliphatic rings. The molecule has 1 aliphatic heterocycles. The largest absolute Gasteiger partial charge is 0.309 e. The van der Waals surface area contributed by atoms with Gasteiger partial charge in [-0.05, 0) is 71.8 Å². The fourth-order valence-electron chi connectivity index (χ4n) is 8.00. The molecule has 0 aliphatic carbocycles. The molecule has 0 fully saturated rings. The Kier molecular flexibility index (Phi) is 5.32. The van der Waals surface area contributed by atoms with Gasteiger partial charge in [0.05, 0.1) is 27.8 Å². The van der Waals surface area contributed by atoms with Gasteiger partial charge in [-0.2, -0.15) is 0 Å². The van der Waals surface area contributed by atoms with Crippen molar-refractivity contribution in [1.82, 2.24) is 13.7 Å². The molecule has 224 valence electrons. The van der Waals surface area contributed by atoms with Gasteiger partial charge < -0.3 is 4.57 Å². The number of hydrogen-bond acceptors (Lipinski definition) is 1. The third-order valence-corrected chi connectivity index (χ3v) is 11.1. The molecule has 0 atom stereocenters. The van der Waals surface area contributed by atoms with Gasteiger partial charge in [-0.3, -0.25) is 9.13 Å². The van der Waals surface area contributed by atoms with E-state index in [1.165, 1.54) is 86.9 Å². The van der Waals surface area contributed by atoms with E-state index in [2.05, 4.69) is 177 Å². The lowest BCUT2D eigenvalue weighted by molar-refractivity contribution is 1.03. The Hall–Kier alpha value is -5.97. The van der Waals surface area contributed by atoms with Gasteiger partial charge >= 0.3 is 0 Å². The second kappa shape index (κ2) is 9.77. The maximum Gasteiger partial charge on any atom is 0.131 e. The van der Waals surface area contributed by atoms with Crippen molar-refractivity contribution in [1.29, 1.82) is 0 Å². The van der Waals surface area contributed by atoms with E-state index in [-0.39, 0.29) is 0 Å². The number of hydrogen-bond donors (Lipinski definition) is 0. The maximum atomic E-state index is 2.50. The monoisotopic (exact) mass is 629 g/mol. The average molecular weight is 630 g/mol. The van der Waals surface area contributed by atoms with Gasteiger partial charge in [-0.15, -0.1) is 0 Å². The highest BCUT2D eigenvalue weighted by molar-refractivity contribution is 7.99. The fraction of sp³-hybridized carbons (Fsp3) is 0. The minimum atomic E-state index is 1.15. The minimum Gasteiger partial charge on any atom is -0.309 e. The predicted octanol–water partition coefficient (Wildman–Crippen LogP) is 12.0. The van der Waals surface area contributed by atoms with Gasteiger partial charge in [0.2, 0.25) is 0 Å². The number of fused-ring (bicyclic) bond motifs is 10. The van der Waals surface area contributed by atoms with Gasteiger partial charge in [0, 0.05) is 48.1 Å². The van der Waals surface area contributed by atoms with E-state index >= 15 is 0 Å². The molecule has 7 aromatic carbocycles. The molecular weight excluding hydrogens is 603 g/mol. The van der Waals surface area contributed by atoms with Gasteiger partial charge in [0.25, 0.3) is 0 Å². The van der Waals surface area contributed by atoms with Crippen molar-refractivity contribution in [2.45, 2.75) is 9.79 Å². The Bertz CT molecular complexity index is 2910. The van der Waals surface area contributed by atoms with Crippen LogP contribution in [0.2, 0.25) is 0 Å². The lowest BCUT2D eigenvalue weighted by Gasteiger charge is -2.21. The van der Waals surface area contributed by atoms with Crippen LogP contribution in [0.3, 0.4) is 0 Å². The van der Waals surface area contributed by atoms with Crippen molar-refractivity contribution in [2.75, 3.05) is 0 Å². The molecular formula is C44H27N3S. The molecule has 0 saturated carbocycles. The average Bonchev–Trinajstić information content (AvgIpc) is 3.79. The number of benzene rings is 7. The molecule has 0 radical (unpaired) electrons. The van der Waals surface area contributed by atoms with Crippen LogP contribution in [0, 0.1) is 0 Å². The third kappa shape index (κ3) is 3.50. The van der Waals surface area contributed by atoms with Crippen molar-refractivity contribution in [2.24, 2.45) is 0 Å². The van der Waals surface area contributed by atoms with Crippen LogP contribution >= 0.6 is 11.8 Å². The van der Waals surface area contributed by atoms with E-state index in [0.717, 1.165) is 5.69 Å². The SMILES string of the molecule is c1ccc(-n2c3ccccc3c3ccc(-c4ccc(-n5c6ccccc6c6c7cccc8c7n(c65)-c5ccccc5S8)cc4)cc32)cc1. The summed E-state index contributed by atoms with van der Waals surface area (Å²) in [6, 6.07) is 59.8. The zero-order chi connectivity index (χ0) is 31.3. The van der Waals surface area contributed by atoms with Crippen LogP contribution in [0.25, 0.3) is 82.8 Å². The Balaban J connectivity index is 1.13. The highest BCUT2D eigenvalue weighted by Crippen LogP contribution is 2.49. The number of rotatable bonds is 3. The number of para-hydroxylation sites is 5. The first-order chi connectivity index (χ1) is 23.8. The normalized spacial score (nSPS) is 12.5. The summed E-state index contributed by atoms with van der Waals surface area (Å²) in [7, 11) is 0. The smallest absolute Gasteiger partial charge is 0.131 e. The van der Waals surface area contributed by atoms with E-state index in [9.17, 15) is 0 Å². The zero-order valence-corrected chi connectivity index (χ0v) is 26.7. The van der Waals surface area contributed by atoms with Gasteiger partial charge in [-0.1, -0.05) is 115 Å². The highest BCUT2D eigenvalue weighted by Gasteiger charge is 2.27. The van der Waals surface area contributed by atoms with E-state index in [1.807, 2.05) is 11.8 Å². The molecule has 4 heterocycles. The first kappa shape index (κ1) is 26.1. The Morgan fingerprint density at radius 1 is 0.375 bits per heavy atom. The maximum absolute atomic E-state index is 2.50. The van der Waals surface area contributed by atoms with E-state index < -0.39 is 0 Å². The zero-order valence-electron chi connectivity index (χ0n) is 25.8. The highest BCUT2D eigenvalue weighted by atomic mass is 32.2. The van der Waals surface area contributed by atoms with Gasteiger partial charge in [0.1, 0.15) is 5.65 Å². The van der Waals surface area contributed by atoms with Crippen LogP contribution in [0.1, 0.15) is 0 Å². The van der Waals surface area contributed by atoms with Crippen LogP contribution in [0.5, 0.6) is 0 Å². The molecule has 4 heteroatoms. The standard InChI is InChI=1S/C44H27N3S/c1-2-11-30(12-3-1)45-36-16-6-4-13-32(36)33-26-23-29(27-39(33)45)28-21-24-31(25-22-28)46-37-17-7-5-14-34(37)42-35-15-10-20-41-43(35)47(44(42)46)38-18-8-9-19-40(38)48-41/h1-27H. The predicted molar refractivity (Wildman–Crippen MR) is 202 cm³/mol. The van der Waals surface area contributed by atoms with E-state index in [0.29, 0.717) is 0 Å². The molecule has 10 aromatic rings. The molecule has 0 N–H and O–H groups in total. The molecule has 0 saturated heterocycles.